The number of nitrogen functional groups attached to an aromatic ring is 1. The van der Waals surface area contributed by atoms with Crippen LogP contribution < -0.4 is 10.5 Å². The summed E-state index contributed by atoms with van der Waals surface area (Å²) in [4.78, 5) is 4.42. The van der Waals surface area contributed by atoms with E-state index in [4.69, 9.17) is 26.8 Å². The number of hydrogen-bond donors (Lipinski definition) is 1. The van der Waals surface area contributed by atoms with Gasteiger partial charge in [-0.05, 0) is 18.2 Å². The van der Waals surface area contributed by atoms with Gasteiger partial charge in [-0.3, -0.25) is 0 Å². The number of anilines is 1. The fraction of sp³-hybridized carbons (Fsp3) is 0.250. The number of hydrogen-bond acceptors (Lipinski definition) is 4. The van der Waals surface area contributed by atoms with Crippen LogP contribution in [0.15, 0.2) is 18.2 Å². The predicted molar refractivity (Wildman–Crippen MR) is 68.4 cm³/mol. The van der Waals surface area contributed by atoms with Crippen molar-refractivity contribution >= 4 is 28.2 Å². The Hall–Kier alpha value is -1.52. The molecule has 0 amide bonds. The first kappa shape index (κ1) is 12.0. The molecule has 2 rings (SSSR count). The van der Waals surface area contributed by atoms with E-state index in [1.54, 1.807) is 32.4 Å². The second-order valence-electron chi connectivity index (χ2n) is 3.61. The molecule has 0 aliphatic carbocycles. The summed E-state index contributed by atoms with van der Waals surface area (Å²) in [5.74, 6) is 0.665. The Morgan fingerprint density at radius 3 is 2.76 bits per heavy atom. The molecule has 0 fully saturated rings. The van der Waals surface area contributed by atoms with Gasteiger partial charge >= 0.3 is 0 Å². The average molecular weight is 253 g/mol. The summed E-state index contributed by atoms with van der Waals surface area (Å²) in [6.07, 6.45) is 0. The van der Waals surface area contributed by atoms with E-state index >= 15 is 0 Å². The van der Waals surface area contributed by atoms with Crippen LogP contribution in [0.5, 0.6) is 5.75 Å². The molecule has 0 bridgehead atoms. The lowest BCUT2D eigenvalue weighted by molar-refractivity contribution is 0.182. The molecular formula is C12H13ClN2O2. The Labute approximate surface area is 104 Å². The van der Waals surface area contributed by atoms with Gasteiger partial charge in [0.25, 0.3) is 0 Å². The molecule has 0 radical (unpaired) electrons. The first-order chi connectivity index (χ1) is 8.17. The van der Waals surface area contributed by atoms with Crippen LogP contribution >= 0.6 is 11.6 Å². The Morgan fingerprint density at radius 1 is 1.35 bits per heavy atom. The number of aromatic nitrogens is 1. The fourth-order valence-electron chi connectivity index (χ4n) is 1.75. The van der Waals surface area contributed by atoms with Gasteiger partial charge < -0.3 is 15.2 Å². The molecular weight excluding hydrogens is 240 g/mol. The second-order valence-corrected chi connectivity index (χ2v) is 4.02. The lowest BCUT2D eigenvalue weighted by Crippen LogP contribution is -1.99. The third kappa shape index (κ3) is 2.14. The summed E-state index contributed by atoms with van der Waals surface area (Å²) in [7, 11) is 3.19. The van der Waals surface area contributed by atoms with Crippen molar-refractivity contribution in [3.63, 3.8) is 0 Å². The van der Waals surface area contributed by atoms with Gasteiger partial charge in [0.1, 0.15) is 5.75 Å². The van der Waals surface area contributed by atoms with E-state index in [1.165, 1.54) is 0 Å². The number of halogens is 1. The van der Waals surface area contributed by atoms with Crippen molar-refractivity contribution in [2.24, 2.45) is 0 Å². The first-order valence-electron chi connectivity index (χ1n) is 5.08. The van der Waals surface area contributed by atoms with Crippen molar-refractivity contribution in [1.82, 2.24) is 4.98 Å². The predicted octanol–water partition coefficient (Wildman–Crippen LogP) is 2.63. The highest BCUT2D eigenvalue weighted by molar-refractivity contribution is 6.35. The highest BCUT2D eigenvalue weighted by Crippen LogP contribution is 2.34. The van der Waals surface area contributed by atoms with E-state index < -0.39 is 0 Å². The summed E-state index contributed by atoms with van der Waals surface area (Å²) < 4.78 is 10.3. The van der Waals surface area contributed by atoms with Crippen LogP contribution in [0.25, 0.3) is 10.9 Å². The third-order valence-electron chi connectivity index (χ3n) is 2.47. The molecule has 0 atom stereocenters. The van der Waals surface area contributed by atoms with Crippen molar-refractivity contribution in [1.29, 1.82) is 0 Å². The summed E-state index contributed by atoms with van der Waals surface area (Å²) in [5, 5.41) is 1.28. The minimum atomic E-state index is 0.397. The maximum Gasteiger partial charge on any atom is 0.130 e. The molecule has 4 nitrogen and oxygen atoms in total. The number of ether oxygens (including phenoxy) is 2. The monoisotopic (exact) mass is 252 g/mol. The van der Waals surface area contributed by atoms with E-state index in [1.807, 2.05) is 0 Å². The lowest BCUT2D eigenvalue weighted by atomic mass is 10.1. The van der Waals surface area contributed by atoms with Crippen LogP contribution in [0.1, 0.15) is 5.69 Å². The normalized spacial score (nSPS) is 10.8. The smallest absolute Gasteiger partial charge is 0.130 e. The summed E-state index contributed by atoms with van der Waals surface area (Å²) in [6, 6.07) is 5.29. The summed E-state index contributed by atoms with van der Waals surface area (Å²) in [6.45, 7) is 0.397. The second kappa shape index (κ2) is 4.77. The van der Waals surface area contributed by atoms with Gasteiger partial charge in [-0.2, -0.15) is 0 Å². The van der Waals surface area contributed by atoms with Crippen LogP contribution in [0.2, 0.25) is 5.02 Å². The van der Waals surface area contributed by atoms with Crippen molar-refractivity contribution in [2.45, 2.75) is 6.61 Å². The molecule has 1 aromatic heterocycles. The Kier molecular flexibility index (Phi) is 3.36. The minimum Gasteiger partial charge on any atom is -0.496 e. The Bertz CT molecular complexity index is 558. The number of methoxy groups -OCH3 is 2. The number of benzene rings is 1. The van der Waals surface area contributed by atoms with E-state index in [0.29, 0.717) is 28.6 Å². The molecule has 2 N–H and O–H groups in total. The van der Waals surface area contributed by atoms with Gasteiger partial charge in [0, 0.05) is 12.8 Å². The fourth-order valence-corrected chi connectivity index (χ4v) is 1.95. The minimum absolute atomic E-state index is 0.397. The highest BCUT2D eigenvalue weighted by Gasteiger charge is 2.11. The van der Waals surface area contributed by atoms with E-state index in [9.17, 15) is 0 Å². The zero-order valence-corrected chi connectivity index (χ0v) is 10.4. The molecule has 0 aliphatic rings. The summed E-state index contributed by atoms with van der Waals surface area (Å²) >= 11 is 6.12. The van der Waals surface area contributed by atoms with Gasteiger partial charge in [-0.15, -0.1) is 0 Å². The van der Waals surface area contributed by atoms with Crippen molar-refractivity contribution in [2.75, 3.05) is 20.0 Å². The first-order valence-corrected chi connectivity index (χ1v) is 5.45. The molecule has 0 saturated heterocycles. The maximum absolute atomic E-state index is 6.12. The molecule has 1 aromatic carbocycles. The van der Waals surface area contributed by atoms with Crippen LogP contribution in [0, 0.1) is 0 Å². The van der Waals surface area contributed by atoms with Gasteiger partial charge in [-0.1, -0.05) is 11.6 Å². The zero-order valence-electron chi connectivity index (χ0n) is 9.66. The van der Waals surface area contributed by atoms with Crippen LogP contribution in [0.4, 0.5) is 5.69 Å². The number of nitrogens with two attached hydrogens (primary N) is 1. The standard InChI is InChI=1S/C12H13ClN2O2/c1-16-6-7-5-9(14)11-10(17-2)4-3-8(13)12(11)15-7/h3-5H,6H2,1-2H3,(H2,14,15). The van der Waals surface area contributed by atoms with Gasteiger partial charge in [0.15, 0.2) is 0 Å². The molecule has 1 heterocycles. The third-order valence-corrected chi connectivity index (χ3v) is 2.77. The van der Waals surface area contributed by atoms with Gasteiger partial charge in [-0.25, -0.2) is 4.98 Å². The van der Waals surface area contributed by atoms with Crippen LogP contribution in [-0.4, -0.2) is 19.2 Å². The van der Waals surface area contributed by atoms with Crippen LogP contribution in [-0.2, 0) is 11.3 Å². The molecule has 17 heavy (non-hydrogen) atoms. The molecule has 5 heteroatoms. The number of pyridine rings is 1. The lowest BCUT2D eigenvalue weighted by Gasteiger charge is -2.10. The zero-order chi connectivity index (χ0) is 12.4. The number of fused-ring (bicyclic) bond motifs is 1. The van der Waals surface area contributed by atoms with Crippen molar-refractivity contribution in [3.05, 3.63) is 28.9 Å². The molecule has 0 aliphatic heterocycles. The summed E-state index contributed by atoms with van der Waals surface area (Å²) in [5.41, 5.74) is 7.96. The number of rotatable bonds is 3. The van der Waals surface area contributed by atoms with Crippen LogP contribution in [0.3, 0.4) is 0 Å². The van der Waals surface area contributed by atoms with Gasteiger partial charge in [0.05, 0.1) is 35.3 Å². The molecule has 0 spiro atoms. The highest BCUT2D eigenvalue weighted by atomic mass is 35.5. The molecule has 2 aromatic rings. The topological polar surface area (TPSA) is 57.4 Å². The van der Waals surface area contributed by atoms with Gasteiger partial charge in [0.2, 0.25) is 0 Å². The number of nitrogens with zero attached hydrogens (tertiary/aromatic N) is 1. The Balaban J connectivity index is 2.74. The largest absolute Gasteiger partial charge is 0.496 e. The molecule has 0 unspecified atom stereocenters. The SMILES string of the molecule is COCc1cc(N)c2c(OC)ccc(Cl)c2n1. The van der Waals surface area contributed by atoms with Crippen molar-refractivity contribution < 1.29 is 9.47 Å². The maximum atomic E-state index is 6.12. The molecule has 90 valence electrons. The quantitative estimate of drug-likeness (QED) is 0.912. The van der Waals surface area contributed by atoms with E-state index in [2.05, 4.69) is 4.98 Å². The molecule has 0 saturated carbocycles. The van der Waals surface area contributed by atoms with Crippen molar-refractivity contribution in [3.8, 4) is 5.75 Å². The van der Waals surface area contributed by atoms with E-state index in [-0.39, 0.29) is 0 Å². The van der Waals surface area contributed by atoms with E-state index in [0.717, 1.165) is 11.1 Å². The Morgan fingerprint density at radius 2 is 2.12 bits per heavy atom. The average Bonchev–Trinajstić information content (AvgIpc) is 2.31.